The average molecular weight is 378 g/mol. The molecular formula is C16H22Cl2FN3O2. The topological polar surface area (TPSA) is 75.4 Å². The molecule has 1 aliphatic heterocycles. The molecule has 0 spiro atoms. The Morgan fingerprint density at radius 2 is 2.00 bits per heavy atom. The maximum absolute atomic E-state index is 13.1. The van der Waals surface area contributed by atoms with E-state index in [1.807, 2.05) is 0 Å². The highest BCUT2D eigenvalue weighted by atomic mass is 35.5. The van der Waals surface area contributed by atoms with Gasteiger partial charge in [0.25, 0.3) is 0 Å². The highest BCUT2D eigenvalue weighted by Crippen LogP contribution is 2.23. The number of anilines is 1. The fourth-order valence-corrected chi connectivity index (χ4v) is 2.80. The van der Waals surface area contributed by atoms with Gasteiger partial charge in [0, 0.05) is 31.1 Å². The summed E-state index contributed by atoms with van der Waals surface area (Å²) in [7, 11) is 0. The van der Waals surface area contributed by atoms with E-state index in [2.05, 4.69) is 5.32 Å². The number of carbonyl (C=O) groups is 2. The minimum atomic E-state index is -0.519. The molecule has 8 heteroatoms. The zero-order chi connectivity index (χ0) is 16.8. The van der Waals surface area contributed by atoms with Gasteiger partial charge in [-0.3, -0.25) is 9.59 Å². The van der Waals surface area contributed by atoms with Crippen molar-refractivity contribution in [2.24, 2.45) is 11.7 Å². The van der Waals surface area contributed by atoms with Crippen molar-refractivity contribution in [3.63, 3.8) is 0 Å². The van der Waals surface area contributed by atoms with Crippen molar-refractivity contribution < 1.29 is 14.0 Å². The van der Waals surface area contributed by atoms with Crippen LogP contribution in [0.3, 0.4) is 0 Å². The van der Waals surface area contributed by atoms with Gasteiger partial charge < -0.3 is 16.0 Å². The first-order valence-electron chi connectivity index (χ1n) is 7.75. The van der Waals surface area contributed by atoms with Crippen molar-refractivity contribution in [1.82, 2.24) is 4.90 Å². The molecule has 1 fully saturated rings. The fraction of sp³-hybridized carbons (Fsp3) is 0.500. The van der Waals surface area contributed by atoms with Crippen LogP contribution in [0, 0.1) is 11.7 Å². The summed E-state index contributed by atoms with van der Waals surface area (Å²) < 4.78 is 13.1. The number of amides is 2. The predicted molar refractivity (Wildman–Crippen MR) is 94.9 cm³/mol. The number of benzene rings is 1. The number of nitrogens with one attached hydrogen (secondary N) is 1. The van der Waals surface area contributed by atoms with Gasteiger partial charge in [-0.2, -0.15) is 0 Å². The Morgan fingerprint density at radius 1 is 1.33 bits per heavy atom. The quantitative estimate of drug-likeness (QED) is 0.828. The minimum Gasteiger partial charge on any atom is -0.343 e. The van der Waals surface area contributed by atoms with Crippen LogP contribution in [0.1, 0.15) is 25.7 Å². The van der Waals surface area contributed by atoms with Crippen molar-refractivity contribution >= 4 is 41.5 Å². The van der Waals surface area contributed by atoms with Crippen LogP contribution in [0.2, 0.25) is 5.02 Å². The van der Waals surface area contributed by atoms with Gasteiger partial charge in [0.1, 0.15) is 5.82 Å². The summed E-state index contributed by atoms with van der Waals surface area (Å²) in [5.74, 6) is -0.701. The Balaban J connectivity index is 0.00000288. The third-order valence-corrected chi connectivity index (χ3v) is 4.29. The highest BCUT2D eigenvalue weighted by Gasteiger charge is 2.27. The number of likely N-dealkylation sites (tertiary alicyclic amines) is 1. The van der Waals surface area contributed by atoms with E-state index in [0.717, 1.165) is 0 Å². The van der Waals surface area contributed by atoms with Gasteiger partial charge in [0.05, 0.1) is 5.02 Å². The van der Waals surface area contributed by atoms with Gasteiger partial charge in [-0.15, -0.1) is 12.4 Å². The number of hydrogen-bond acceptors (Lipinski definition) is 3. The van der Waals surface area contributed by atoms with Crippen LogP contribution in [0.15, 0.2) is 18.2 Å². The molecule has 5 nitrogen and oxygen atoms in total. The Labute approximate surface area is 152 Å². The van der Waals surface area contributed by atoms with Crippen LogP contribution in [0.5, 0.6) is 0 Å². The summed E-state index contributed by atoms with van der Waals surface area (Å²) in [4.78, 5) is 25.9. The highest BCUT2D eigenvalue weighted by molar-refractivity contribution is 6.31. The lowest BCUT2D eigenvalue weighted by Crippen LogP contribution is -2.41. The Bertz CT molecular complexity index is 578. The molecule has 0 aromatic heterocycles. The van der Waals surface area contributed by atoms with Gasteiger partial charge >= 0.3 is 0 Å². The van der Waals surface area contributed by atoms with Crippen LogP contribution in [0.25, 0.3) is 0 Å². The minimum absolute atomic E-state index is 0. The third kappa shape index (κ3) is 5.61. The van der Waals surface area contributed by atoms with Crippen molar-refractivity contribution in [2.45, 2.75) is 25.7 Å². The first-order valence-corrected chi connectivity index (χ1v) is 8.13. The fourth-order valence-electron chi connectivity index (χ4n) is 2.62. The first-order chi connectivity index (χ1) is 11.0. The van der Waals surface area contributed by atoms with Gasteiger partial charge in [0.15, 0.2) is 0 Å². The Morgan fingerprint density at radius 3 is 2.58 bits per heavy atom. The lowest BCUT2D eigenvalue weighted by atomic mass is 9.95. The van der Waals surface area contributed by atoms with E-state index in [0.29, 0.717) is 51.0 Å². The van der Waals surface area contributed by atoms with Crippen LogP contribution in [-0.4, -0.2) is 36.3 Å². The molecule has 0 bridgehead atoms. The Hall–Kier alpha value is -1.37. The number of hydrogen-bond donors (Lipinski definition) is 2. The summed E-state index contributed by atoms with van der Waals surface area (Å²) in [6, 6.07) is 4.08. The molecule has 3 N–H and O–H groups in total. The van der Waals surface area contributed by atoms with E-state index >= 15 is 0 Å². The normalized spacial score (nSPS) is 14.9. The molecule has 1 heterocycles. The molecule has 1 saturated heterocycles. The zero-order valence-electron chi connectivity index (χ0n) is 13.3. The summed E-state index contributed by atoms with van der Waals surface area (Å²) in [5.41, 5.74) is 5.88. The zero-order valence-corrected chi connectivity index (χ0v) is 14.8. The smallest absolute Gasteiger partial charge is 0.227 e. The standard InChI is InChI=1S/C16H21ClFN3O2.ClH/c17-13-10-12(3-4-14(13)18)20-16(23)11-5-8-21(9-6-11)15(22)2-1-7-19;/h3-4,10-11H,1-2,5-9,19H2,(H,20,23);1H. The number of nitrogens with two attached hydrogens (primary N) is 1. The summed E-state index contributed by atoms with van der Waals surface area (Å²) in [6.07, 6.45) is 2.39. The van der Waals surface area contributed by atoms with E-state index in [4.69, 9.17) is 17.3 Å². The van der Waals surface area contributed by atoms with E-state index in [1.165, 1.54) is 18.2 Å². The van der Waals surface area contributed by atoms with E-state index in [-0.39, 0.29) is 35.2 Å². The predicted octanol–water partition coefficient (Wildman–Crippen LogP) is 2.82. The molecular weight excluding hydrogens is 356 g/mol. The lowest BCUT2D eigenvalue weighted by Gasteiger charge is -2.31. The summed E-state index contributed by atoms with van der Waals surface area (Å²) in [5, 5.41) is 2.72. The van der Waals surface area contributed by atoms with Crippen molar-refractivity contribution in [3.8, 4) is 0 Å². The van der Waals surface area contributed by atoms with E-state index < -0.39 is 5.82 Å². The molecule has 1 aromatic rings. The number of rotatable bonds is 5. The maximum atomic E-state index is 13.1. The van der Waals surface area contributed by atoms with Gasteiger partial charge in [-0.25, -0.2) is 4.39 Å². The molecule has 1 aliphatic rings. The number of halogens is 3. The molecule has 0 saturated carbocycles. The van der Waals surface area contributed by atoms with Gasteiger partial charge in [0.2, 0.25) is 11.8 Å². The summed E-state index contributed by atoms with van der Waals surface area (Å²) >= 11 is 5.70. The average Bonchev–Trinajstić information content (AvgIpc) is 2.56. The van der Waals surface area contributed by atoms with Crippen LogP contribution in [0.4, 0.5) is 10.1 Å². The van der Waals surface area contributed by atoms with Crippen molar-refractivity contribution in [1.29, 1.82) is 0 Å². The number of piperidine rings is 1. The number of nitrogens with zero attached hydrogens (tertiary/aromatic N) is 1. The molecule has 2 amide bonds. The second kappa shape index (κ2) is 9.81. The first kappa shape index (κ1) is 20.7. The summed E-state index contributed by atoms with van der Waals surface area (Å²) in [6.45, 7) is 1.65. The maximum Gasteiger partial charge on any atom is 0.227 e. The van der Waals surface area contributed by atoms with Gasteiger partial charge in [-0.05, 0) is 44.0 Å². The van der Waals surface area contributed by atoms with Crippen LogP contribution < -0.4 is 11.1 Å². The largest absolute Gasteiger partial charge is 0.343 e. The molecule has 0 radical (unpaired) electrons. The molecule has 0 aliphatic carbocycles. The number of carbonyl (C=O) groups excluding carboxylic acids is 2. The molecule has 134 valence electrons. The van der Waals surface area contributed by atoms with Crippen molar-refractivity contribution in [2.75, 3.05) is 25.0 Å². The van der Waals surface area contributed by atoms with Crippen LogP contribution >= 0.6 is 24.0 Å². The van der Waals surface area contributed by atoms with E-state index in [1.54, 1.807) is 4.90 Å². The van der Waals surface area contributed by atoms with E-state index in [9.17, 15) is 14.0 Å². The molecule has 2 rings (SSSR count). The molecule has 0 atom stereocenters. The Kier molecular flexibility index (Phi) is 8.45. The van der Waals surface area contributed by atoms with Gasteiger partial charge in [-0.1, -0.05) is 11.6 Å². The molecule has 1 aromatic carbocycles. The third-order valence-electron chi connectivity index (χ3n) is 4.00. The molecule has 24 heavy (non-hydrogen) atoms. The second-order valence-corrected chi connectivity index (χ2v) is 6.07. The van der Waals surface area contributed by atoms with Crippen molar-refractivity contribution in [3.05, 3.63) is 29.0 Å². The van der Waals surface area contributed by atoms with Crippen LogP contribution in [-0.2, 0) is 9.59 Å². The molecule has 0 unspecified atom stereocenters. The lowest BCUT2D eigenvalue weighted by molar-refractivity contribution is -0.134. The second-order valence-electron chi connectivity index (χ2n) is 5.67. The SMILES string of the molecule is Cl.NCCCC(=O)N1CCC(C(=O)Nc2ccc(F)c(Cl)c2)CC1. The monoisotopic (exact) mass is 377 g/mol.